The number of aryl methyl sites for hydroxylation is 1. The van der Waals surface area contributed by atoms with Gasteiger partial charge < -0.3 is 15.0 Å². The van der Waals surface area contributed by atoms with Crippen molar-refractivity contribution in [3.63, 3.8) is 0 Å². The van der Waals surface area contributed by atoms with Gasteiger partial charge in [-0.3, -0.25) is 0 Å². The van der Waals surface area contributed by atoms with Gasteiger partial charge in [-0.25, -0.2) is 4.39 Å². The molecule has 0 amide bonds. The number of rotatable bonds is 3. The lowest BCUT2D eigenvalue weighted by molar-refractivity contribution is 0.0459. The molecule has 0 bridgehead atoms. The first kappa shape index (κ1) is 13.5. The van der Waals surface area contributed by atoms with Crippen LogP contribution in [0.15, 0.2) is 18.2 Å². The van der Waals surface area contributed by atoms with E-state index in [9.17, 15) is 4.39 Å². The number of morpholine rings is 1. The molecule has 0 aromatic heterocycles. The number of ether oxygens (including phenoxy) is 1. The molecular weight excluding hydrogens is 231 g/mol. The summed E-state index contributed by atoms with van der Waals surface area (Å²) in [4.78, 5) is 2.15. The fourth-order valence-electron chi connectivity index (χ4n) is 2.53. The van der Waals surface area contributed by atoms with E-state index in [0.717, 1.165) is 18.7 Å². The van der Waals surface area contributed by atoms with Crippen molar-refractivity contribution in [1.29, 1.82) is 0 Å². The van der Waals surface area contributed by atoms with Crippen molar-refractivity contribution in [3.8, 4) is 0 Å². The minimum absolute atomic E-state index is 0.149. The highest BCUT2D eigenvalue weighted by atomic mass is 19.1. The first-order valence-electron chi connectivity index (χ1n) is 6.33. The van der Waals surface area contributed by atoms with Gasteiger partial charge in [-0.2, -0.15) is 0 Å². The number of hydrogen-bond acceptors (Lipinski definition) is 3. The third-order valence-corrected chi connectivity index (χ3v) is 3.41. The summed E-state index contributed by atoms with van der Waals surface area (Å²) in [5.74, 6) is -0.149. The molecule has 4 heteroatoms. The zero-order valence-corrected chi connectivity index (χ0v) is 11.2. The molecule has 2 rings (SSSR count). The normalized spacial score (nSPS) is 22.2. The largest absolute Gasteiger partial charge is 0.378 e. The van der Waals surface area contributed by atoms with Crippen LogP contribution >= 0.6 is 0 Å². The van der Waals surface area contributed by atoms with Crippen LogP contribution in [0.1, 0.15) is 17.2 Å². The van der Waals surface area contributed by atoms with Crippen molar-refractivity contribution < 1.29 is 9.13 Å². The second-order valence-corrected chi connectivity index (χ2v) is 5.05. The summed E-state index contributed by atoms with van der Waals surface area (Å²) in [6.07, 6.45) is 0. The van der Waals surface area contributed by atoms with Crippen molar-refractivity contribution in [1.82, 2.24) is 10.2 Å². The Bertz CT molecular complexity index is 403. The molecule has 1 aliphatic rings. The Morgan fingerprint density at radius 2 is 2.22 bits per heavy atom. The van der Waals surface area contributed by atoms with Gasteiger partial charge in [0.15, 0.2) is 0 Å². The molecule has 2 atom stereocenters. The van der Waals surface area contributed by atoms with E-state index in [1.807, 2.05) is 26.2 Å². The lowest BCUT2D eigenvalue weighted by Gasteiger charge is -2.35. The molecular formula is C14H21FN2O. The Labute approximate surface area is 108 Å². The molecule has 1 aliphatic heterocycles. The van der Waals surface area contributed by atoms with Crippen molar-refractivity contribution >= 4 is 0 Å². The van der Waals surface area contributed by atoms with E-state index in [1.54, 1.807) is 13.0 Å². The van der Waals surface area contributed by atoms with E-state index >= 15 is 0 Å². The van der Waals surface area contributed by atoms with Crippen molar-refractivity contribution in [2.24, 2.45) is 0 Å². The summed E-state index contributed by atoms with van der Waals surface area (Å²) in [5.41, 5.74) is 1.82. The van der Waals surface area contributed by atoms with Crippen LogP contribution in [0.25, 0.3) is 0 Å². The summed E-state index contributed by atoms with van der Waals surface area (Å²) in [6.45, 7) is 4.13. The third kappa shape index (κ3) is 2.88. The lowest BCUT2D eigenvalue weighted by atomic mass is 9.96. The van der Waals surface area contributed by atoms with E-state index < -0.39 is 0 Å². The van der Waals surface area contributed by atoms with Crippen LogP contribution in [0.2, 0.25) is 0 Å². The van der Waals surface area contributed by atoms with Gasteiger partial charge in [0, 0.05) is 6.54 Å². The van der Waals surface area contributed by atoms with Crippen LogP contribution in [-0.4, -0.2) is 44.8 Å². The molecule has 2 unspecified atom stereocenters. The number of halogens is 1. The Balaban J connectivity index is 2.25. The Hall–Kier alpha value is -0.970. The molecule has 1 saturated heterocycles. The molecule has 1 aromatic carbocycles. The fraction of sp³-hybridized carbons (Fsp3) is 0.571. The molecule has 18 heavy (non-hydrogen) atoms. The summed E-state index contributed by atoms with van der Waals surface area (Å²) in [6, 6.07) is 5.79. The lowest BCUT2D eigenvalue weighted by Crippen LogP contribution is -2.48. The summed E-state index contributed by atoms with van der Waals surface area (Å²) in [5, 5.41) is 3.47. The van der Waals surface area contributed by atoms with Crippen LogP contribution in [-0.2, 0) is 4.74 Å². The van der Waals surface area contributed by atoms with Crippen LogP contribution in [0, 0.1) is 12.7 Å². The van der Waals surface area contributed by atoms with Crippen LogP contribution in [0.3, 0.4) is 0 Å². The minimum Gasteiger partial charge on any atom is -0.378 e. The van der Waals surface area contributed by atoms with Crippen molar-refractivity contribution in [2.75, 3.05) is 33.9 Å². The highest BCUT2D eigenvalue weighted by molar-refractivity contribution is 5.27. The number of nitrogens with one attached hydrogen (secondary N) is 1. The Morgan fingerprint density at radius 3 is 2.78 bits per heavy atom. The zero-order chi connectivity index (χ0) is 13.1. The van der Waals surface area contributed by atoms with E-state index in [4.69, 9.17) is 4.74 Å². The summed E-state index contributed by atoms with van der Waals surface area (Å²) >= 11 is 0. The molecule has 1 heterocycles. The monoisotopic (exact) mass is 252 g/mol. The molecule has 1 N–H and O–H groups in total. The van der Waals surface area contributed by atoms with Crippen LogP contribution < -0.4 is 5.32 Å². The summed E-state index contributed by atoms with van der Waals surface area (Å²) in [7, 11) is 4.08. The molecule has 0 radical (unpaired) electrons. The average Bonchev–Trinajstić information content (AvgIpc) is 2.35. The molecule has 0 spiro atoms. The van der Waals surface area contributed by atoms with Gasteiger partial charge in [-0.1, -0.05) is 12.1 Å². The highest BCUT2D eigenvalue weighted by Gasteiger charge is 2.27. The molecule has 0 aliphatic carbocycles. The van der Waals surface area contributed by atoms with Crippen molar-refractivity contribution in [3.05, 3.63) is 35.1 Å². The van der Waals surface area contributed by atoms with Gasteiger partial charge in [0.05, 0.1) is 25.3 Å². The van der Waals surface area contributed by atoms with Crippen LogP contribution in [0.4, 0.5) is 4.39 Å². The number of likely N-dealkylation sites (N-methyl/N-ethyl adjacent to an activating group) is 1. The maximum Gasteiger partial charge on any atom is 0.126 e. The molecule has 0 saturated carbocycles. The number of benzene rings is 1. The number of nitrogens with zero attached hydrogens (tertiary/aromatic N) is 1. The maximum atomic E-state index is 13.4. The smallest absolute Gasteiger partial charge is 0.126 e. The van der Waals surface area contributed by atoms with Gasteiger partial charge in [-0.15, -0.1) is 0 Å². The fourth-order valence-corrected chi connectivity index (χ4v) is 2.53. The van der Waals surface area contributed by atoms with E-state index in [2.05, 4.69) is 10.2 Å². The van der Waals surface area contributed by atoms with Crippen molar-refractivity contribution in [2.45, 2.75) is 19.0 Å². The van der Waals surface area contributed by atoms with Crippen LogP contribution in [0.5, 0.6) is 0 Å². The first-order valence-corrected chi connectivity index (χ1v) is 6.33. The van der Waals surface area contributed by atoms with E-state index in [-0.39, 0.29) is 17.9 Å². The van der Waals surface area contributed by atoms with Gasteiger partial charge in [0.25, 0.3) is 0 Å². The minimum atomic E-state index is -0.149. The Kier molecular flexibility index (Phi) is 4.32. The molecule has 3 nitrogen and oxygen atoms in total. The maximum absolute atomic E-state index is 13.4. The number of hydrogen-bond donors (Lipinski definition) is 1. The SMILES string of the molecule is Cc1cc(C(C2COCCN2)N(C)C)ccc1F. The topological polar surface area (TPSA) is 24.5 Å². The average molecular weight is 252 g/mol. The third-order valence-electron chi connectivity index (χ3n) is 3.41. The molecule has 100 valence electrons. The Morgan fingerprint density at radius 1 is 1.44 bits per heavy atom. The highest BCUT2D eigenvalue weighted by Crippen LogP contribution is 2.25. The predicted octanol–water partition coefficient (Wildman–Crippen LogP) is 1.73. The van der Waals surface area contributed by atoms with Gasteiger partial charge in [-0.05, 0) is 38.2 Å². The zero-order valence-electron chi connectivity index (χ0n) is 11.2. The quantitative estimate of drug-likeness (QED) is 0.886. The first-order chi connectivity index (χ1) is 8.59. The van der Waals surface area contributed by atoms with Gasteiger partial charge in [0.2, 0.25) is 0 Å². The van der Waals surface area contributed by atoms with E-state index in [0.29, 0.717) is 12.2 Å². The second kappa shape index (κ2) is 5.78. The van der Waals surface area contributed by atoms with Gasteiger partial charge >= 0.3 is 0 Å². The predicted molar refractivity (Wildman–Crippen MR) is 70.2 cm³/mol. The molecule has 1 fully saturated rings. The summed E-state index contributed by atoms with van der Waals surface area (Å²) < 4.78 is 18.9. The standard InChI is InChI=1S/C14H21FN2O/c1-10-8-11(4-5-12(10)15)14(17(2)3)13-9-18-7-6-16-13/h4-5,8,13-14,16H,6-7,9H2,1-3H3. The molecule has 1 aromatic rings. The van der Waals surface area contributed by atoms with Gasteiger partial charge in [0.1, 0.15) is 5.82 Å². The van der Waals surface area contributed by atoms with E-state index in [1.165, 1.54) is 0 Å². The second-order valence-electron chi connectivity index (χ2n) is 5.05.